The van der Waals surface area contributed by atoms with Crippen molar-refractivity contribution in [2.75, 3.05) is 4.43 Å². The summed E-state index contributed by atoms with van der Waals surface area (Å²) in [5.74, 6) is 0. The van der Waals surface area contributed by atoms with Crippen molar-refractivity contribution in [1.29, 1.82) is 0 Å². The third-order valence-electron chi connectivity index (χ3n) is 7.23. The van der Waals surface area contributed by atoms with E-state index in [2.05, 4.69) is 15.3 Å². The monoisotopic (exact) mass is 708 g/mol. The number of aromatic nitrogens is 4. The lowest BCUT2D eigenvalue weighted by Gasteiger charge is -2.32. The van der Waals surface area contributed by atoms with E-state index in [0.717, 1.165) is 5.46 Å². The van der Waals surface area contributed by atoms with Gasteiger partial charge in [0.25, 0.3) is 0 Å². The number of hydrogen-bond donors (Lipinski definition) is 1. The predicted molar refractivity (Wildman–Crippen MR) is 152 cm³/mol. The van der Waals surface area contributed by atoms with Crippen LogP contribution < -0.4 is 10.9 Å². The van der Waals surface area contributed by atoms with Gasteiger partial charge in [0.2, 0.25) is 0 Å². The SMILES string of the molecule is CC1(C)OB(c2cn[nH]c2)OC1(C)C.CC1(C)OB(c2cnn(CCC(F)(F)F)c2)OC1(C)C.FC(F)(F)CCI. The summed E-state index contributed by atoms with van der Waals surface area (Å²) in [4.78, 5) is 0. The van der Waals surface area contributed by atoms with Crippen LogP contribution >= 0.6 is 22.6 Å². The van der Waals surface area contributed by atoms with E-state index in [0.29, 0.717) is 5.46 Å². The minimum absolute atomic E-state index is 0.154. The Morgan fingerprint density at radius 2 is 1.20 bits per heavy atom. The van der Waals surface area contributed by atoms with Gasteiger partial charge >= 0.3 is 26.6 Å². The average Bonchev–Trinajstić information content (AvgIpc) is 3.54. The molecule has 0 aliphatic carbocycles. The molecule has 0 radical (unpaired) electrons. The number of H-pyrrole nitrogens is 1. The normalized spacial score (nSPS) is 20.8. The van der Waals surface area contributed by atoms with Crippen LogP contribution in [0.15, 0.2) is 24.8 Å². The molecule has 2 saturated heterocycles. The van der Waals surface area contributed by atoms with E-state index in [1.54, 1.807) is 35.0 Å². The molecule has 41 heavy (non-hydrogen) atoms. The summed E-state index contributed by atoms with van der Waals surface area (Å²) in [5.41, 5.74) is 0.0379. The van der Waals surface area contributed by atoms with Gasteiger partial charge in [-0.3, -0.25) is 9.78 Å². The number of aromatic amines is 1. The van der Waals surface area contributed by atoms with Crippen LogP contribution in [-0.4, -0.2) is 73.4 Å². The molecule has 0 spiro atoms. The highest BCUT2D eigenvalue weighted by atomic mass is 127. The van der Waals surface area contributed by atoms with Crippen LogP contribution in [0.25, 0.3) is 0 Å². The first-order valence-corrected chi connectivity index (χ1v) is 14.4. The Hall–Kier alpha value is -1.30. The van der Waals surface area contributed by atoms with Crippen LogP contribution in [0.4, 0.5) is 26.3 Å². The third-order valence-corrected chi connectivity index (χ3v) is 7.77. The van der Waals surface area contributed by atoms with Crippen LogP contribution in [0.2, 0.25) is 0 Å². The van der Waals surface area contributed by atoms with E-state index in [1.165, 1.54) is 17.1 Å². The first-order valence-electron chi connectivity index (χ1n) is 12.9. The van der Waals surface area contributed by atoms with Gasteiger partial charge in [-0.25, -0.2) is 0 Å². The van der Waals surface area contributed by atoms with Crippen LogP contribution in [0.3, 0.4) is 0 Å². The van der Waals surface area contributed by atoms with E-state index in [1.807, 2.05) is 55.4 Å². The van der Waals surface area contributed by atoms with Gasteiger partial charge in [0.15, 0.2) is 0 Å². The minimum Gasteiger partial charge on any atom is -0.399 e. The predicted octanol–water partition coefficient (Wildman–Crippen LogP) is 5.22. The van der Waals surface area contributed by atoms with Crippen LogP contribution in [0, 0.1) is 0 Å². The maximum absolute atomic E-state index is 12.2. The van der Waals surface area contributed by atoms with Crippen LogP contribution in [-0.2, 0) is 25.2 Å². The fourth-order valence-corrected chi connectivity index (χ4v) is 3.93. The topological polar surface area (TPSA) is 83.4 Å². The molecule has 0 unspecified atom stereocenters. The summed E-state index contributed by atoms with van der Waals surface area (Å²) < 4.78 is 94.3. The molecule has 0 amide bonds. The summed E-state index contributed by atoms with van der Waals surface area (Å²) in [6.45, 7) is 15.6. The third kappa shape index (κ3) is 10.4. The first kappa shape index (κ1) is 35.9. The Morgan fingerprint density at radius 3 is 1.54 bits per heavy atom. The lowest BCUT2D eigenvalue weighted by Crippen LogP contribution is -2.41. The Kier molecular flexibility index (Phi) is 11.5. The summed E-state index contributed by atoms with van der Waals surface area (Å²) in [5, 5.41) is 10.5. The molecule has 0 aromatic carbocycles. The van der Waals surface area contributed by atoms with Crippen molar-refractivity contribution in [3.8, 4) is 0 Å². The van der Waals surface area contributed by atoms with Crippen molar-refractivity contribution in [1.82, 2.24) is 20.0 Å². The lowest BCUT2D eigenvalue weighted by molar-refractivity contribution is -0.137. The van der Waals surface area contributed by atoms with E-state index in [-0.39, 0.29) is 29.3 Å². The Labute approximate surface area is 251 Å². The maximum Gasteiger partial charge on any atom is 0.498 e. The summed E-state index contributed by atoms with van der Waals surface area (Å²) in [6, 6.07) is 0. The molecule has 1 N–H and O–H groups in total. The number of alkyl halides is 7. The van der Waals surface area contributed by atoms with Crippen molar-refractivity contribution >= 4 is 47.8 Å². The second-order valence-corrected chi connectivity index (χ2v) is 12.7. The van der Waals surface area contributed by atoms with E-state index < -0.39 is 43.5 Å². The highest BCUT2D eigenvalue weighted by molar-refractivity contribution is 14.1. The van der Waals surface area contributed by atoms with Crippen LogP contribution in [0.1, 0.15) is 68.2 Å². The molecule has 232 valence electrons. The van der Waals surface area contributed by atoms with Gasteiger partial charge in [-0.15, -0.1) is 0 Å². The quantitative estimate of drug-likeness (QED) is 0.199. The van der Waals surface area contributed by atoms with Crippen LogP contribution in [0.5, 0.6) is 0 Å². The zero-order valence-corrected chi connectivity index (χ0v) is 26.6. The smallest absolute Gasteiger partial charge is 0.399 e. The molecule has 0 saturated carbocycles. The zero-order chi connectivity index (χ0) is 31.5. The number of aryl methyl sites for hydroxylation is 1. The number of rotatable bonds is 5. The van der Waals surface area contributed by atoms with Gasteiger partial charge in [-0.05, 0) is 55.4 Å². The minimum atomic E-state index is -4.18. The number of nitrogens with zero attached hydrogens (tertiary/aromatic N) is 3. The maximum atomic E-state index is 12.2. The van der Waals surface area contributed by atoms with Gasteiger partial charge in [-0.2, -0.15) is 36.5 Å². The molecule has 2 aromatic rings. The zero-order valence-electron chi connectivity index (χ0n) is 24.4. The summed E-state index contributed by atoms with van der Waals surface area (Å²) in [7, 11) is -0.904. The van der Waals surface area contributed by atoms with Gasteiger partial charge in [0.1, 0.15) is 0 Å². The second kappa shape index (κ2) is 13.1. The molecule has 8 nitrogen and oxygen atoms in total. The Balaban J connectivity index is 0.000000242. The molecule has 2 aliphatic heterocycles. The molecule has 2 aromatic heterocycles. The number of nitrogens with one attached hydrogen (secondary N) is 1. The standard InChI is InChI=1S/C12H18BF3N2O2.C9H15BN2O2.C3H4F3I/c1-10(2)11(3,4)20-13(19-10)9-7-17-18(8-9)6-5-12(14,15)16;1-8(2)9(3,4)14-10(13-8)7-5-11-12-6-7;4-3(5,6)1-2-7/h7-8H,5-6H2,1-4H3;5-6H,1-4H3,(H,11,12);1-2H2. The van der Waals surface area contributed by atoms with Gasteiger partial charge in [0.05, 0.1) is 35.2 Å². The summed E-state index contributed by atoms with van der Waals surface area (Å²) >= 11 is 1.69. The number of hydrogen-bond acceptors (Lipinski definition) is 6. The summed E-state index contributed by atoms with van der Waals surface area (Å²) in [6.07, 6.45) is -3.18. The molecule has 4 heterocycles. The molecule has 17 heteroatoms. The molecule has 2 aliphatic rings. The lowest BCUT2D eigenvalue weighted by atomic mass is 9.82. The Bertz CT molecular complexity index is 1060. The van der Waals surface area contributed by atoms with Crippen molar-refractivity contribution < 1.29 is 45.0 Å². The molecular formula is C24H37B2F6IN4O4. The molecule has 0 atom stereocenters. The highest BCUT2D eigenvalue weighted by Gasteiger charge is 2.53. The largest absolute Gasteiger partial charge is 0.498 e. The molecule has 4 rings (SSSR count). The first-order chi connectivity index (χ1) is 18.5. The van der Waals surface area contributed by atoms with Gasteiger partial charge < -0.3 is 18.6 Å². The fourth-order valence-electron chi connectivity index (χ4n) is 3.32. The Morgan fingerprint density at radius 1 is 0.756 bits per heavy atom. The van der Waals surface area contributed by atoms with E-state index >= 15 is 0 Å². The molecular weight excluding hydrogens is 671 g/mol. The molecule has 0 bridgehead atoms. The second-order valence-electron chi connectivity index (χ2n) is 11.7. The molecule has 2 fully saturated rings. The average molecular weight is 708 g/mol. The number of halogens is 7. The van der Waals surface area contributed by atoms with E-state index in [4.69, 9.17) is 18.6 Å². The van der Waals surface area contributed by atoms with Crippen molar-refractivity contribution in [3.05, 3.63) is 24.8 Å². The van der Waals surface area contributed by atoms with Gasteiger partial charge in [0, 0.05) is 46.7 Å². The van der Waals surface area contributed by atoms with Gasteiger partial charge in [-0.1, -0.05) is 22.6 Å². The van der Waals surface area contributed by atoms with E-state index in [9.17, 15) is 26.3 Å². The van der Waals surface area contributed by atoms with Crippen molar-refractivity contribution in [3.63, 3.8) is 0 Å². The van der Waals surface area contributed by atoms with Crippen molar-refractivity contribution in [2.45, 2.75) is 110 Å². The fraction of sp³-hybridized carbons (Fsp3) is 0.750. The highest BCUT2D eigenvalue weighted by Crippen LogP contribution is 2.37. The van der Waals surface area contributed by atoms with Crippen molar-refractivity contribution in [2.24, 2.45) is 0 Å².